The zero-order valence-electron chi connectivity index (χ0n) is 18.7. The number of hydrogen-bond acceptors (Lipinski definition) is 6. The first kappa shape index (κ1) is 25.2. The molecule has 2 atom stereocenters. The van der Waals surface area contributed by atoms with Gasteiger partial charge < -0.3 is 0 Å². The van der Waals surface area contributed by atoms with Gasteiger partial charge in [-0.05, 0) is 20.8 Å². The number of halogens is 1. The van der Waals surface area contributed by atoms with Crippen molar-refractivity contribution in [2.24, 2.45) is 0 Å². The fourth-order valence-corrected chi connectivity index (χ4v) is 17.5. The minimum Gasteiger partial charge on any atom is -0.0362 e. The summed E-state index contributed by atoms with van der Waals surface area (Å²) in [4.78, 5) is 1.69. The van der Waals surface area contributed by atoms with E-state index in [0.29, 0.717) is 28.9 Å². The first-order valence-electron chi connectivity index (χ1n) is 9.82. The number of likely N-dealkylation sites (N-methyl/N-ethyl adjacent to an activating group) is 1. The van der Waals surface area contributed by atoms with Gasteiger partial charge in [0.25, 0.3) is 0 Å². The average Bonchev–Trinajstić information content (AvgIpc) is 2.56. The normalized spacial score (nSPS) is 24.9. The molecule has 2 N–H and O–H groups in total. The number of rotatable bonds is 10. The van der Waals surface area contributed by atoms with Gasteiger partial charge in [0.15, 0.2) is 0 Å². The van der Waals surface area contributed by atoms with Crippen molar-refractivity contribution >= 4 is 7.48 Å². The van der Waals surface area contributed by atoms with Crippen LogP contribution in [-0.2, 0) is 22.1 Å². The number of nitrogens with zero attached hydrogens (tertiary/aromatic N) is 1. The molecule has 1 heterocycles. The van der Waals surface area contributed by atoms with Gasteiger partial charge in [-0.1, -0.05) is 0 Å². The van der Waals surface area contributed by atoms with Crippen LogP contribution in [0.25, 0.3) is 0 Å². The van der Waals surface area contributed by atoms with Gasteiger partial charge in [-0.25, -0.2) is 0 Å². The quantitative estimate of drug-likeness (QED) is 0.251. The van der Waals surface area contributed by atoms with Gasteiger partial charge in [0, 0.05) is 0 Å². The fourth-order valence-electron chi connectivity index (χ4n) is 3.12. The zero-order valence-corrected chi connectivity index (χ0v) is 21.7. The van der Waals surface area contributed by atoms with Gasteiger partial charge in [-0.2, -0.15) is 0 Å². The van der Waals surface area contributed by atoms with Crippen LogP contribution in [0.5, 0.6) is 5.75 Å². The third-order valence-corrected chi connectivity index (χ3v) is 15.8. The van der Waals surface area contributed by atoms with Crippen molar-refractivity contribution in [3.8, 4) is 5.75 Å². The van der Waals surface area contributed by atoms with Crippen LogP contribution in [0.2, 0.25) is 0 Å². The molecule has 2 unspecified atom stereocenters. The molecule has 0 aliphatic carbocycles. The summed E-state index contributed by atoms with van der Waals surface area (Å²) in [6, 6.07) is 5.80. The SMILES string of the molecule is CN(CCOc1cc(CO)cc(COS2(C)CC(C)(C)[I-]2)c1)C(O)OC(C)(C)C. The minimum absolute atomic E-state index is 0.0354. The number of alkyl halides is 1. The topological polar surface area (TPSA) is 71.4 Å². The van der Waals surface area contributed by atoms with E-state index in [9.17, 15) is 10.2 Å². The first-order chi connectivity index (χ1) is 13.3. The second-order valence-electron chi connectivity index (χ2n) is 9.13. The van der Waals surface area contributed by atoms with Crippen molar-refractivity contribution in [2.75, 3.05) is 32.2 Å². The van der Waals surface area contributed by atoms with Crippen LogP contribution in [0, 0.1) is 0 Å². The summed E-state index contributed by atoms with van der Waals surface area (Å²) in [5.41, 5.74) is 1.42. The van der Waals surface area contributed by atoms with E-state index in [-0.39, 0.29) is 26.4 Å². The molecule has 1 aliphatic rings. The Morgan fingerprint density at radius 3 is 2.41 bits per heavy atom. The van der Waals surface area contributed by atoms with Crippen LogP contribution in [-0.4, -0.2) is 62.8 Å². The number of aliphatic hydroxyl groups is 2. The van der Waals surface area contributed by atoms with E-state index in [1.54, 1.807) is 11.9 Å². The molecule has 1 saturated heterocycles. The Hall–Kier alpha value is -0.100. The molecule has 1 aromatic carbocycles. The van der Waals surface area contributed by atoms with Gasteiger partial charge in [-0.15, -0.1) is 0 Å². The molecular formula is C21H37INO5S-. The van der Waals surface area contributed by atoms with Gasteiger partial charge in [-0.3, -0.25) is 0 Å². The van der Waals surface area contributed by atoms with Crippen molar-refractivity contribution < 1.29 is 43.7 Å². The Morgan fingerprint density at radius 2 is 1.86 bits per heavy atom. The molecule has 0 spiro atoms. The van der Waals surface area contributed by atoms with Crippen LogP contribution < -0.4 is 24.6 Å². The molecule has 1 aliphatic heterocycles. The van der Waals surface area contributed by atoms with E-state index in [1.807, 2.05) is 39.0 Å². The van der Waals surface area contributed by atoms with E-state index in [2.05, 4.69) is 20.1 Å². The molecule has 1 fully saturated rings. The molecule has 0 aromatic heterocycles. The number of benzene rings is 1. The zero-order chi connectivity index (χ0) is 21.9. The van der Waals surface area contributed by atoms with E-state index in [4.69, 9.17) is 13.7 Å². The van der Waals surface area contributed by atoms with Crippen molar-refractivity contribution in [1.29, 1.82) is 0 Å². The van der Waals surface area contributed by atoms with Crippen molar-refractivity contribution in [2.45, 2.75) is 63.3 Å². The molecule has 0 radical (unpaired) electrons. The van der Waals surface area contributed by atoms with E-state index >= 15 is 0 Å². The summed E-state index contributed by atoms with van der Waals surface area (Å²) in [6.45, 7) is 11.8. The van der Waals surface area contributed by atoms with E-state index in [0.717, 1.165) is 11.1 Å². The summed E-state index contributed by atoms with van der Waals surface area (Å²) in [5.74, 6) is 1.89. The Morgan fingerprint density at radius 1 is 1.24 bits per heavy atom. The van der Waals surface area contributed by atoms with Crippen LogP contribution >= 0.6 is 7.48 Å². The van der Waals surface area contributed by atoms with Crippen LogP contribution in [0.3, 0.4) is 0 Å². The van der Waals surface area contributed by atoms with Gasteiger partial charge in [0.05, 0.1) is 5.60 Å². The molecular weight excluding hydrogens is 505 g/mol. The summed E-state index contributed by atoms with van der Waals surface area (Å²) >= 11 is 0.0824. The summed E-state index contributed by atoms with van der Waals surface area (Å²) in [5, 5.41) is 19.7. The number of aliphatic hydroxyl groups excluding tert-OH is 2. The van der Waals surface area contributed by atoms with Crippen LogP contribution in [0.15, 0.2) is 18.2 Å². The van der Waals surface area contributed by atoms with Crippen molar-refractivity contribution in [3.05, 3.63) is 29.3 Å². The third kappa shape index (κ3) is 8.51. The van der Waals surface area contributed by atoms with Gasteiger partial charge >= 0.3 is 160 Å². The summed E-state index contributed by atoms with van der Waals surface area (Å²) in [7, 11) is 0.916. The molecule has 0 saturated carbocycles. The fraction of sp³-hybridized carbons (Fsp3) is 0.714. The summed E-state index contributed by atoms with van der Waals surface area (Å²) < 4.78 is 18.2. The third-order valence-electron chi connectivity index (χ3n) is 4.20. The van der Waals surface area contributed by atoms with E-state index < -0.39 is 19.5 Å². The predicted molar refractivity (Wildman–Crippen MR) is 115 cm³/mol. The molecule has 1 aromatic rings. The molecule has 29 heavy (non-hydrogen) atoms. The van der Waals surface area contributed by atoms with E-state index in [1.165, 1.54) is 5.75 Å². The maximum absolute atomic E-state index is 10.1. The van der Waals surface area contributed by atoms with Crippen LogP contribution in [0.1, 0.15) is 45.7 Å². The van der Waals surface area contributed by atoms with Crippen LogP contribution in [0.4, 0.5) is 0 Å². The molecule has 6 nitrogen and oxygen atoms in total. The monoisotopic (exact) mass is 542 g/mol. The van der Waals surface area contributed by atoms with Gasteiger partial charge in [0.2, 0.25) is 0 Å². The molecule has 8 heteroatoms. The number of hydrogen-bond donors (Lipinski definition) is 2. The molecule has 0 amide bonds. The first-order valence-corrected chi connectivity index (χ1v) is 15.6. The Balaban J connectivity index is 1.88. The average molecular weight is 542 g/mol. The smallest absolute Gasteiger partial charge is 0.0362 e. The second-order valence-corrected chi connectivity index (χ2v) is 21.4. The predicted octanol–water partition coefficient (Wildman–Crippen LogP) is 0.243. The molecule has 170 valence electrons. The minimum atomic E-state index is -0.981. The Bertz CT molecular complexity index is 672. The number of ether oxygens (including phenoxy) is 2. The van der Waals surface area contributed by atoms with Gasteiger partial charge in [0.1, 0.15) is 0 Å². The molecule has 0 bridgehead atoms. The Kier molecular flexibility index (Phi) is 8.69. The Labute approximate surface area is 186 Å². The standard InChI is InChI=1S/C21H37INO5S/c1-20(2,3)28-19(25)23(6)8-9-26-18-11-16(13-24)10-17(12-18)14-27-29(7)15-21(4,5)22-29/h10-12,19,24-25H,8-9,13-15H2,1-7H3/q-1. The van der Waals surface area contributed by atoms with Crippen molar-refractivity contribution in [3.63, 3.8) is 0 Å². The van der Waals surface area contributed by atoms with Crippen molar-refractivity contribution in [1.82, 2.24) is 4.90 Å². The summed E-state index contributed by atoms with van der Waals surface area (Å²) in [6.07, 6.45) is 1.31. The second kappa shape index (κ2) is 10.0. The maximum atomic E-state index is 10.1. The molecule has 2 rings (SSSR count).